The van der Waals surface area contributed by atoms with Crippen LogP contribution in [-0.4, -0.2) is 0 Å². The molecule has 1 unspecified atom stereocenters. The van der Waals surface area contributed by atoms with Crippen LogP contribution in [0.5, 0.6) is 0 Å². The largest absolute Gasteiger partial charge is 0.146 e. The summed E-state index contributed by atoms with van der Waals surface area (Å²) in [5.41, 5.74) is 3.90. The van der Waals surface area contributed by atoms with E-state index < -0.39 is 0 Å². The van der Waals surface area contributed by atoms with Crippen LogP contribution in [0, 0.1) is 20.8 Å². The van der Waals surface area contributed by atoms with Gasteiger partial charge < -0.3 is 0 Å². The Balaban J connectivity index is 2.16. The van der Waals surface area contributed by atoms with E-state index in [1.54, 1.807) is 0 Å². The molecule has 0 aliphatic heterocycles. The summed E-state index contributed by atoms with van der Waals surface area (Å²) in [5.74, 6) is 0. The van der Waals surface area contributed by atoms with Gasteiger partial charge >= 0.3 is 0 Å². The lowest BCUT2D eigenvalue weighted by Gasteiger charge is -2.09. The fraction of sp³-hybridized carbons (Fsp3) is 0.333. The second kappa shape index (κ2) is 5.24. The van der Waals surface area contributed by atoms with E-state index in [0.29, 0.717) is 0 Å². The summed E-state index contributed by atoms with van der Waals surface area (Å²) in [5, 5.41) is 0.0850. The average Bonchev–Trinajstić information content (AvgIpc) is 2.58. The first kappa shape index (κ1) is 12.7. The molecule has 0 fully saturated rings. The average molecular weight is 265 g/mol. The van der Waals surface area contributed by atoms with Crippen LogP contribution in [0.25, 0.3) is 0 Å². The summed E-state index contributed by atoms with van der Waals surface area (Å²) >= 11 is 8.35. The maximum atomic E-state index is 6.52. The van der Waals surface area contributed by atoms with Gasteiger partial charge in [-0.2, -0.15) is 0 Å². The molecule has 2 rings (SSSR count). The lowest BCUT2D eigenvalue weighted by Crippen LogP contribution is -1.96. The highest BCUT2D eigenvalue weighted by Crippen LogP contribution is 2.32. The Hall–Kier alpha value is -0.790. The van der Waals surface area contributed by atoms with E-state index in [1.807, 2.05) is 11.3 Å². The highest BCUT2D eigenvalue weighted by molar-refractivity contribution is 7.12. The number of benzene rings is 1. The van der Waals surface area contributed by atoms with Crippen molar-refractivity contribution in [3.05, 3.63) is 56.8 Å². The molecule has 0 radical (unpaired) electrons. The zero-order valence-electron chi connectivity index (χ0n) is 10.5. The Kier molecular flexibility index (Phi) is 3.90. The first-order valence-corrected chi connectivity index (χ1v) is 7.08. The molecule has 1 atom stereocenters. The molecule has 0 aliphatic carbocycles. The summed E-state index contributed by atoms with van der Waals surface area (Å²) in [4.78, 5) is 2.68. The number of hydrogen-bond acceptors (Lipinski definition) is 1. The van der Waals surface area contributed by atoms with Crippen LogP contribution in [0.15, 0.2) is 30.3 Å². The molecule has 17 heavy (non-hydrogen) atoms. The molecule has 0 amide bonds. The van der Waals surface area contributed by atoms with Gasteiger partial charge in [0.25, 0.3) is 0 Å². The van der Waals surface area contributed by atoms with Gasteiger partial charge in [-0.25, -0.2) is 0 Å². The van der Waals surface area contributed by atoms with Crippen LogP contribution in [0.4, 0.5) is 0 Å². The summed E-state index contributed by atoms with van der Waals surface area (Å²) in [6, 6.07) is 10.8. The molecule has 0 spiro atoms. The van der Waals surface area contributed by atoms with Gasteiger partial charge in [0, 0.05) is 9.75 Å². The number of halogens is 1. The Bertz CT molecular complexity index is 513. The Morgan fingerprint density at radius 3 is 2.53 bits per heavy atom. The zero-order valence-corrected chi connectivity index (χ0v) is 12.0. The molecule has 0 saturated heterocycles. The van der Waals surface area contributed by atoms with Crippen molar-refractivity contribution < 1.29 is 0 Å². The van der Waals surface area contributed by atoms with Crippen molar-refractivity contribution in [1.29, 1.82) is 0 Å². The molecule has 2 heteroatoms. The normalized spacial score (nSPS) is 12.7. The third-order valence-corrected chi connectivity index (χ3v) is 4.29. The van der Waals surface area contributed by atoms with Crippen LogP contribution in [-0.2, 0) is 6.42 Å². The number of aryl methyl sites for hydroxylation is 3. The third-order valence-electron chi connectivity index (χ3n) is 2.91. The molecule has 0 saturated carbocycles. The highest BCUT2D eigenvalue weighted by Gasteiger charge is 2.13. The van der Waals surface area contributed by atoms with Crippen LogP contribution in [0.3, 0.4) is 0 Å². The van der Waals surface area contributed by atoms with E-state index >= 15 is 0 Å². The minimum absolute atomic E-state index is 0.0850. The topological polar surface area (TPSA) is 0 Å². The number of alkyl halides is 1. The number of thiophene rings is 1. The molecule has 90 valence electrons. The van der Waals surface area contributed by atoms with Gasteiger partial charge in [-0.3, -0.25) is 0 Å². The lowest BCUT2D eigenvalue weighted by atomic mass is 10.0. The predicted octanol–water partition coefficient (Wildman–Crippen LogP) is 5.20. The molecular weight excluding hydrogens is 248 g/mol. The lowest BCUT2D eigenvalue weighted by molar-refractivity contribution is 0.915. The van der Waals surface area contributed by atoms with E-state index in [9.17, 15) is 0 Å². The SMILES string of the molecule is Cc1cccc(CC(Cl)c2cc(C)sc2C)c1. The van der Waals surface area contributed by atoms with Gasteiger partial charge in [0.05, 0.1) is 5.38 Å². The summed E-state index contributed by atoms with van der Waals surface area (Å²) < 4.78 is 0. The van der Waals surface area contributed by atoms with Gasteiger partial charge in [0.1, 0.15) is 0 Å². The maximum absolute atomic E-state index is 6.52. The first-order valence-electron chi connectivity index (χ1n) is 5.83. The van der Waals surface area contributed by atoms with Crippen molar-refractivity contribution in [3.8, 4) is 0 Å². The molecule has 0 bridgehead atoms. The van der Waals surface area contributed by atoms with E-state index in [-0.39, 0.29) is 5.38 Å². The van der Waals surface area contributed by atoms with Crippen molar-refractivity contribution in [2.75, 3.05) is 0 Å². The minimum atomic E-state index is 0.0850. The van der Waals surface area contributed by atoms with E-state index in [4.69, 9.17) is 11.6 Å². The summed E-state index contributed by atoms with van der Waals surface area (Å²) in [7, 11) is 0. The van der Waals surface area contributed by atoms with Crippen LogP contribution in [0.2, 0.25) is 0 Å². The summed E-state index contributed by atoms with van der Waals surface area (Å²) in [6.07, 6.45) is 0.903. The molecule has 2 aromatic rings. The van der Waals surface area contributed by atoms with E-state index in [1.165, 1.54) is 26.4 Å². The Labute approximate surface area is 112 Å². The van der Waals surface area contributed by atoms with Crippen molar-refractivity contribution in [1.82, 2.24) is 0 Å². The zero-order chi connectivity index (χ0) is 12.4. The minimum Gasteiger partial charge on any atom is -0.146 e. The van der Waals surface area contributed by atoms with Crippen LogP contribution < -0.4 is 0 Å². The molecule has 1 aromatic carbocycles. The molecule has 1 heterocycles. The monoisotopic (exact) mass is 264 g/mol. The van der Waals surface area contributed by atoms with Gasteiger partial charge in [-0.15, -0.1) is 22.9 Å². The standard InChI is InChI=1S/C15H17ClS/c1-10-5-4-6-13(7-10)9-15(16)14-8-11(2)17-12(14)3/h4-8,15H,9H2,1-3H3. The van der Waals surface area contributed by atoms with Crippen molar-refractivity contribution >= 4 is 22.9 Å². The smallest absolute Gasteiger partial charge is 0.0636 e. The van der Waals surface area contributed by atoms with Crippen LogP contribution in [0.1, 0.15) is 31.8 Å². The van der Waals surface area contributed by atoms with Gasteiger partial charge in [-0.05, 0) is 44.4 Å². The second-order valence-corrected chi connectivity index (χ2v) is 6.52. The molecule has 0 nitrogen and oxygen atoms in total. The number of hydrogen-bond donors (Lipinski definition) is 0. The van der Waals surface area contributed by atoms with Gasteiger partial charge in [-0.1, -0.05) is 29.8 Å². The van der Waals surface area contributed by atoms with Gasteiger partial charge in [0.2, 0.25) is 0 Å². The summed E-state index contributed by atoms with van der Waals surface area (Å²) in [6.45, 7) is 6.41. The van der Waals surface area contributed by atoms with Crippen LogP contribution >= 0.6 is 22.9 Å². The second-order valence-electron chi connectivity index (χ2n) is 4.53. The molecule has 0 aliphatic rings. The third kappa shape index (κ3) is 3.11. The fourth-order valence-electron chi connectivity index (χ4n) is 2.12. The van der Waals surface area contributed by atoms with Crippen molar-refractivity contribution in [3.63, 3.8) is 0 Å². The molecule has 1 aromatic heterocycles. The van der Waals surface area contributed by atoms with E-state index in [0.717, 1.165) is 6.42 Å². The number of rotatable bonds is 3. The quantitative estimate of drug-likeness (QED) is 0.669. The van der Waals surface area contributed by atoms with E-state index in [2.05, 4.69) is 51.1 Å². The van der Waals surface area contributed by atoms with Crippen molar-refractivity contribution in [2.45, 2.75) is 32.6 Å². The Morgan fingerprint density at radius 2 is 1.94 bits per heavy atom. The fourth-order valence-corrected chi connectivity index (χ4v) is 3.57. The maximum Gasteiger partial charge on any atom is 0.0636 e. The van der Waals surface area contributed by atoms with Crippen molar-refractivity contribution in [2.24, 2.45) is 0 Å². The Morgan fingerprint density at radius 1 is 1.18 bits per heavy atom. The predicted molar refractivity (Wildman–Crippen MR) is 77.3 cm³/mol. The van der Waals surface area contributed by atoms with Gasteiger partial charge in [0.15, 0.2) is 0 Å². The molecular formula is C15H17ClS. The molecule has 0 N–H and O–H groups in total. The highest BCUT2D eigenvalue weighted by atomic mass is 35.5. The first-order chi connectivity index (χ1) is 8.06.